The number of aromatic nitrogens is 3. The van der Waals surface area contributed by atoms with Gasteiger partial charge in [-0.15, -0.1) is 10.2 Å². The third-order valence-corrected chi connectivity index (χ3v) is 6.48. The molecule has 2 fully saturated rings. The molecule has 1 aliphatic carbocycles. The molecule has 0 unspecified atom stereocenters. The molecule has 0 spiro atoms. The molecule has 5 nitrogen and oxygen atoms in total. The third-order valence-electron chi connectivity index (χ3n) is 5.50. The molecule has 2 aromatic heterocycles. The van der Waals surface area contributed by atoms with Crippen LogP contribution in [0.25, 0.3) is 5.13 Å². The summed E-state index contributed by atoms with van der Waals surface area (Å²) in [5.41, 5.74) is 1.28. The van der Waals surface area contributed by atoms with Gasteiger partial charge in [0.15, 0.2) is 0 Å². The normalized spacial score (nSPS) is 19.9. The smallest absolute Gasteiger partial charge is 0.218 e. The van der Waals surface area contributed by atoms with Crippen LogP contribution in [-0.4, -0.2) is 33.9 Å². The molecule has 1 saturated carbocycles. The van der Waals surface area contributed by atoms with Crippen LogP contribution in [0.15, 0.2) is 18.3 Å². The minimum atomic E-state index is 0.680. The highest BCUT2D eigenvalue weighted by Gasteiger charge is 2.17. The Kier molecular flexibility index (Phi) is 5.67. The van der Waals surface area contributed by atoms with Crippen molar-refractivity contribution in [3.8, 4) is 5.13 Å². The van der Waals surface area contributed by atoms with Crippen molar-refractivity contribution in [2.45, 2.75) is 70.4 Å². The lowest BCUT2D eigenvalue weighted by Gasteiger charge is -2.23. The van der Waals surface area contributed by atoms with E-state index in [4.69, 9.17) is 0 Å². The highest BCUT2D eigenvalue weighted by atomic mass is 32.1. The second kappa shape index (κ2) is 8.32. The van der Waals surface area contributed by atoms with E-state index in [0.29, 0.717) is 6.04 Å². The van der Waals surface area contributed by atoms with E-state index in [-0.39, 0.29) is 0 Å². The van der Waals surface area contributed by atoms with Crippen molar-refractivity contribution in [1.82, 2.24) is 20.1 Å². The average molecular weight is 360 g/mol. The van der Waals surface area contributed by atoms with Crippen LogP contribution in [-0.2, 0) is 6.54 Å². The molecular weight excluding hydrogens is 330 g/mol. The van der Waals surface area contributed by atoms with Gasteiger partial charge in [0.1, 0.15) is 0 Å². The quantitative estimate of drug-likeness (QED) is 0.872. The zero-order chi connectivity index (χ0) is 16.9. The first-order valence-corrected chi connectivity index (χ1v) is 10.7. The Morgan fingerprint density at radius 3 is 2.48 bits per heavy atom. The molecule has 3 heterocycles. The summed E-state index contributed by atoms with van der Waals surface area (Å²) in [7, 11) is 0. The summed E-state index contributed by atoms with van der Waals surface area (Å²) >= 11 is 1.72. The molecule has 6 heteroatoms. The van der Waals surface area contributed by atoms with Gasteiger partial charge in [0, 0.05) is 37.6 Å². The fourth-order valence-corrected chi connectivity index (χ4v) is 4.91. The summed E-state index contributed by atoms with van der Waals surface area (Å²) in [6.45, 7) is 3.16. The summed E-state index contributed by atoms with van der Waals surface area (Å²) in [5.74, 6) is 0. The average Bonchev–Trinajstić information content (AvgIpc) is 3.24. The van der Waals surface area contributed by atoms with Gasteiger partial charge in [-0.2, -0.15) is 0 Å². The maximum atomic E-state index is 4.48. The number of rotatable bonds is 5. The molecule has 1 aliphatic heterocycles. The topological polar surface area (TPSA) is 46.0 Å². The van der Waals surface area contributed by atoms with Gasteiger partial charge in [-0.1, -0.05) is 43.4 Å². The molecule has 136 valence electrons. The Labute approximate surface area is 154 Å². The summed E-state index contributed by atoms with van der Waals surface area (Å²) in [6, 6.07) is 4.99. The molecule has 1 saturated heterocycles. The van der Waals surface area contributed by atoms with Gasteiger partial charge in [-0.05, 0) is 37.8 Å². The van der Waals surface area contributed by atoms with Crippen molar-refractivity contribution in [3.63, 3.8) is 0 Å². The van der Waals surface area contributed by atoms with Gasteiger partial charge >= 0.3 is 0 Å². The maximum absolute atomic E-state index is 4.48. The van der Waals surface area contributed by atoms with Gasteiger partial charge in [-0.25, -0.2) is 0 Å². The Bertz CT molecular complexity index is 650. The van der Waals surface area contributed by atoms with Crippen molar-refractivity contribution in [3.05, 3.63) is 24.0 Å². The first kappa shape index (κ1) is 17.0. The molecular formula is C19H29N5S. The molecule has 0 aromatic carbocycles. The van der Waals surface area contributed by atoms with Crippen LogP contribution in [0.5, 0.6) is 0 Å². The predicted molar refractivity (Wildman–Crippen MR) is 104 cm³/mol. The molecule has 0 amide bonds. The maximum Gasteiger partial charge on any atom is 0.218 e. The zero-order valence-electron chi connectivity index (χ0n) is 15.0. The predicted octanol–water partition coefficient (Wildman–Crippen LogP) is 4.13. The third kappa shape index (κ3) is 4.23. The van der Waals surface area contributed by atoms with Crippen LogP contribution < -0.4 is 10.2 Å². The summed E-state index contributed by atoms with van der Waals surface area (Å²) in [6.07, 6.45) is 14.1. The monoisotopic (exact) mass is 359 g/mol. The lowest BCUT2D eigenvalue weighted by Crippen LogP contribution is -2.31. The molecule has 0 radical (unpaired) electrons. The van der Waals surface area contributed by atoms with Crippen molar-refractivity contribution in [2.75, 3.05) is 18.0 Å². The van der Waals surface area contributed by atoms with Gasteiger partial charge in [-0.3, -0.25) is 4.57 Å². The van der Waals surface area contributed by atoms with E-state index in [9.17, 15) is 0 Å². The Balaban J connectivity index is 1.42. The summed E-state index contributed by atoms with van der Waals surface area (Å²) in [4.78, 5) is 2.41. The first-order valence-electron chi connectivity index (χ1n) is 9.88. The molecule has 25 heavy (non-hydrogen) atoms. The van der Waals surface area contributed by atoms with Crippen molar-refractivity contribution in [2.24, 2.45) is 0 Å². The fraction of sp³-hybridized carbons (Fsp3) is 0.684. The van der Waals surface area contributed by atoms with E-state index in [1.807, 2.05) is 0 Å². The minimum absolute atomic E-state index is 0.680. The van der Waals surface area contributed by atoms with Crippen LogP contribution in [0.4, 0.5) is 5.13 Å². The molecule has 0 atom stereocenters. The lowest BCUT2D eigenvalue weighted by atomic mass is 9.95. The largest absolute Gasteiger partial charge is 0.347 e. The molecule has 2 aromatic rings. The number of hydrogen-bond acceptors (Lipinski definition) is 5. The van der Waals surface area contributed by atoms with E-state index >= 15 is 0 Å². The second-order valence-corrected chi connectivity index (χ2v) is 8.29. The lowest BCUT2D eigenvalue weighted by molar-refractivity contribution is 0.370. The van der Waals surface area contributed by atoms with Gasteiger partial charge in [0.2, 0.25) is 10.3 Å². The molecule has 2 aliphatic rings. The summed E-state index contributed by atoms with van der Waals surface area (Å²) < 4.78 is 2.20. The van der Waals surface area contributed by atoms with Gasteiger partial charge < -0.3 is 10.2 Å². The molecule has 1 N–H and O–H groups in total. The Morgan fingerprint density at radius 1 is 0.960 bits per heavy atom. The minimum Gasteiger partial charge on any atom is -0.347 e. The van der Waals surface area contributed by atoms with E-state index < -0.39 is 0 Å². The SMILES string of the molecule is c1cc(CNC2CCCCC2)n(-c2nnc(N3CCCCCC3)s2)c1. The number of nitrogens with zero attached hydrogens (tertiary/aromatic N) is 4. The highest BCUT2D eigenvalue weighted by molar-refractivity contribution is 7.17. The second-order valence-electron chi connectivity index (χ2n) is 7.35. The van der Waals surface area contributed by atoms with Crippen molar-refractivity contribution in [1.29, 1.82) is 0 Å². The van der Waals surface area contributed by atoms with E-state index in [0.717, 1.165) is 29.9 Å². The number of nitrogens with one attached hydrogen (secondary N) is 1. The van der Waals surface area contributed by atoms with E-state index in [1.165, 1.54) is 63.5 Å². The summed E-state index contributed by atoms with van der Waals surface area (Å²) in [5, 5.41) is 14.8. The van der Waals surface area contributed by atoms with Gasteiger partial charge in [0.25, 0.3) is 0 Å². The highest BCUT2D eigenvalue weighted by Crippen LogP contribution is 2.27. The van der Waals surface area contributed by atoms with Crippen molar-refractivity contribution >= 4 is 16.5 Å². The Morgan fingerprint density at radius 2 is 1.68 bits per heavy atom. The van der Waals surface area contributed by atoms with Gasteiger partial charge in [0.05, 0.1) is 0 Å². The van der Waals surface area contributed by atoms with Crippen LogP contribution in [0, 0.1) is 0 Å². The van der Waals surface area contributed by atoms with Crippen LogP contribution in [0.2, 0.25) is 0 Å². The van der Waals surface area contributed by atoms with Crippen LogP contribution >= 0.6 is 11.3 Å². The standard InChI is InChI=1S/C19H29N5S/c1-2-7-13-23(12-6-1)18-21-22-19(25-18)24-14-8-11-17(24)15-20-16-9-4-3-5-10-16/h8,11,14,16,20H,1-7,9-10,12-13,15H2. The first-order chi connectivity index (χ1) is 12.4. The molecule has 0 bridgehead atoms. The van der Waals surface area contributed by atoms with Crippen molar-refractivity contribution < 1.29 is 0 Å². The van der Waals surface area contributed by atoms with E-state index in [2.05, 4.69) is 43.3 Å². The van der Waals surface area contributed by atoms with Crippen LogP contribution in [0.3, 0.4) is 0 Å². The zero-order valence-corrected chi connectivity index (χ0v) is 15.8. The fourth-order valence-electron chi connectivity index (χ4n) is 4.00. The number of hydrogen-bond donors (Lipinski definition) is 1. The van der Waals surface area contributed by atoms with Crippen LogP contribution in [0.1, 0.15) is 63.5 Å². The Hall–Kier alpha value is -1.40. The van der Waals surface area contributed by atoms with E-state index in [1.54, 1.807) is 11.3 Å². The molecule has 4 rings (SSSR count). The number of anilines is 1.